The number of allylic oxidation sites excluding steroid dienone is 3. The van der Waals surface area contributed by atoms with E-state index in [4.69, 9.17) is 0 Å². The number of aromatic amines is 1. The van der Waals surface area contributed by atoms with Gasteiger partial charge in [-0.1, -0.05) is 18.2 Å². The minimum Gasteiger partial charge on any atom is -0.352 e. The van der Waals surface area contributed by atoms with Crippen molar-refractivity contribution >= 4 is 5.91 Å². The number of aromatic nitrogens is 3. The summed E-state index contributed by atoms with van der Waals surface area (Å²) in [5.74, 6) is 0.667. The number of H-pyrrole nitrogens is 1. The molecule has 0 atom stereocenters. The van der Waals surface area contributed by atoms with Crippen LogP contribution >= 0.6 is 0 Å². The molecular weight excluding hydrogens is 192 g/mol. The Balaban J connectivity index is 2.17. The lowest BCUT2D eigenvalue weighted by atomic mass is 10.4. The molecule has 0 aromatic carbocycles. The third kappa shape index (κ3) is 4.75. The lowest BCUT2D eigenvalue weighted by molar-refractivity contribution is -0.116. The topological polar surface area (TPSA) is 70.7 Å². The van der Waals surface area contributed by atoms with Crippen LogP contribution in [0.3, 0.4) is 0 Å². The van der Waals surface area contributed by atoms with Gasteiger partial charge in [0.1, 0.15) is 12.2 Å². The summed E-state index contributed by atoms with van der Waals surface area (Å²) in [6, 6.07) is 0. The predicted molar refractivity (Wildman–Crippen MR) is 57.1 cm³/mol. The molecule has 0 aliphatic heterocycles. The van der Waals surface area contributed by atoms with Crippen LogP contribution in [0.5, 0.6) is 0 Å². The van der Waals surface area contributed by atoms with Crippen molar-refractivity contribution in [3.05, 3.63) is 36.5 Å². The number of hydrogen-bond acceptors (Lipinski definition) is 3. The molecule has 0 radical (unpaired) electrons. The minimum atomic E-state index is -0.104. The van der Waals surface area contributed by atoms with Crippen LogP contribution in [0, 0.1) is 0 Å². The summed E-state index contributed by atoms with van der Waals surface area (Å²) >= 11 is 0. The van der Waals surface area contributed by atoms with Crippen LogP contribution in [0.25, 0.3) is 0 Å². The van der Waals surface area contributed by atoms with Gasteiger partial charge in [0, 0.05) is 19.0 Å². The summed E-state index contributed by atoms with van der Waals surface area (Å²) in [4.78, 5) is 15.1. The van der Waals surface area contributed by atoms with Crippen molar-refractivity contribution < 1.29 is 4.79 Å². The Morgan fingerprint density at radius 3 is 3.13 bits per heavy atom. The SMILES string of the molecule is CC=CC=CC(=O)NCCc1ncn[nH]1. The molecule has 1 heterocycles. The lowest BCUT2D eigenvalue weighted by Gasteiger charge is -1.98. The fourth-order valence-electron chi connectivity index (χ4n) is 0.968. The van der Waals surface area contributed by atoms with E-state index < -0.39 is 0 Å². The first-order valence-electron chi connectivity index (χ1n) is 4.74. The monoisotopic (exact) mass is 206 g/mol. The molecule has 0 aliphatic rings. The number of nitrogens with one attached hydrogen (secondary N) is 2. The molecule has 1 amide bonds. The highest BCUT2D eigenvalue weighted by molar-refractivity contribution is 5.87. The molecule has 1 aromatic heterocycles. The number of hydrogen-bond donors (Lipinski definition) is 2. The Morgan fingerprint density at radius 1 is 1.60 bits per heavy atom. The van der Waals surface area contributed by atoms with Gasteiger partial charge < -0.3 is 5.32 Å². The first kappa shape index (κ1) is 11.2. The smallest absolute Gasteiger partial charge is 0.243 e. The van der Waals surface area contributed by atoms with Crippen LogP contribution in [0.1, 0.15) is 12.7 Å². The molecule has 1 aromatic rings. The van der Waals surface area contributed by atoms with E-state index in [1.165, 1.54) is 12.4 Å². The van der Waals surface area contributed by atoms with Crippen LogP contribution in [-0.4, -0.2) is 27.6 Å². The normalized spacial score (nSPS) is 11.3. The number of rotatable bonds is 5. The molecule has 0 bridgehead atoms. The van der Waals surface area contributed by atoms with Crippen molar-refractivity contribution in [1.29, 1.82) is 0 Å². The molecule has 5 heteroatoms. The van der Waals surface area contributed by atoms with Gasteiger partial charge in [0.2, 0.25) is 5.91 Å². The van der Waals surface area contributed by atoms with Crippen molar-refractivity contribution in [1.82, 2.24) is 20.5 Å². The second kappa shape index (κ2) is 6.53. The molecule has 0 unspecified atom stereocenters. The van der Waals surface area contributed by atoms with Gasteiger partial charge in [0.15, 0.2) is 0 Å². The Bertz CT molecular complexity index is 340. The largest absolute Gasteiger partial charge is 0.352 e. The highest BCUT2D eigenvalue weighted by Gasteiger charge is 1.96. The molecule has 1 rings (SSSR count). The van der Waals surface area contributed by atoms with E-state index in [1.807, 2.05) is 13.0 Å². The molecule has 0 spiro atoms. The molecule has 0 saturated heterocycles. The fourth-order valence-corrected chi connectivity index (χ4v) is 0.968. The van der Waals surface area contributed by atoms with Crippen molar-refractivity contribution in [2.45, 2.75) is 13.3 Å². The molecule has 15 heavy (non-hydrogen) atoms. The van der Waals surface area contributed by atoms with E-state index in [9.17, 15) is 4.79 Å². The van der Waals surface area contributed by atoms with E-state index in [1.54, 1.807) is 12.2 Å². The summed E-state index contributed by atoms with van der Waals surface area (Å²) in [7, 11) is 0. The van der Waals surface area contributed by atoms with E-state index in [0.717, 1.165) is 5.82 Å². The maximum absolute atomic E-state index is 11.2. The van der Waals surface area contributed by atoms with Crippen molar-refractivity contribution in [3.8, 4) is 0 Å². The maximum Gasteiger partial charge on any atom is 0.243 e. The van der Waals surface area contributed by atoms with Gasteiger partial charge in [-0.15, -0.1) is 0 Å². The zero-order chi connectivity index (χ0) is 10.9. The summed E-state index contributed by atoms with van der Waals surface area (Å²) in [6.07, 6.45) is 8.95. The summed E-state index contributed by atoms with van der Waals surface area (Å²) < 4.78 is 0. The van der Waals surface area contributed by atoms with E-state index in [2.05, 4.69) is 20.5 Å². The molecule has 0 fully saturated rings. The standard InChI is InChI=1S/C10H14N4O/c1-2-3-4-5-10(15)11-7-6-9-12-8-13-14-9/h2-5,8H,6-7H2,1H3,(H,11,15)(H,12,13,14). The first-order chi connectivity index (χ1) is 7.33. The van der Waals surface area contributed by atoms with Crippen molar-refractivity contribution in [2.24, 2.45) is 0 Å². The van der Waals surface area contributed by atoms with Gasteiger partial charge in [0.25, 0.3) is 0 Å². The Kier molecular flexibility index (Phi) is 4.86. The van der Waals surface area contributed by atoms with Crippen molar-refractivity contribution in [3.63, 3.8) is 0 Å². The van der Waals surface area contributed by atoms with Crippen LogP contribution < -0.4 is 5.32 Å². The predicted octanol–water partition coefficient (Wildman–Crippen LogP) is 0.596. The average Bonchev–Trinajstić information content (AvgIpc) is 2.71. The van der Waals surface area contributed by atoms with Gasteiger partial charge in [-0.2, -0.15) is 5.10 Å². The van der Waals surface area contributed by atoms with Gasteiger partial charge >= 0.3 is 0 Å². The molecule has 5 nitrogen and oxygen atoms in total. The molecule has 0 saturated carbocycles. The van der Waals surface area contributed by atoms with Gasteiger partial charge in [-0.25, -0.2) is 4.98 Å². The van der Waals surface area contributed by atoms with E-state index in [0.29, 0.717) is 13.0 Å². The van der Waals surface area contributed by atoms with Crippen LogP contribution in [0.2, 0.25) is 0 Å². The van der Waals surface area contributed by atoms with Gasteiger partial charge in [-0.05, 0) is 6.92 Å². The van der Waals surface area contributed by atoms with Crippen molar-refractivity contribution in [2.75, 3.05) is 6.54 Å². The average molecular weight is 206 g/mol. The highest BCUT2D eigenvalue weighted by atomic mass is 16.1. The second-order valence-corrected chi connectivity index (χ2v) is 2.86. The molecule has 80 valence electrons. The number of nitrogens with zero attached hydrogens (tertiary/aromatic N) is 2. The zero-order valence-electron chi connectivity index (χ0n) is 8.60. The lowest BCUT2D eigenvalue weighted by Crippen LogP contribution is -2.23. The van der Waals surface area contributed by atoms with Gasteiger partial charge in [-0.3, -0.25) is 9.89 Å². The van der Waals surface area contributed by atoms with E-state index >= 15 is 0 Å². The number of carbonyl (C=O) groups excluding carboxylic acids is 1. The summed E-state index contributed by atoms with van der Waals surface area (Å²) in [5.41, 5.74) is 0. The Hall–Kier alpha value is -1.91. The van der Waals surface area contributed by atoms with Crippen LogP contribution in [0.15, 0.2) is 30.6 Å². The van der Waals surface area contributed by atoms with E-state index in [-0.39, 0.29) is 5.91 Å². The quantitative estimate of drug-likeness (QED) is 0.547. The fraction of sp³-hybridized carbons (Fsp3) is 0.300. The van der Waals surface area contributed by atoms with Gasteiger partial charge in [0.05, 0.1) is 0 Å². The highest BCUT2D eigenvalue weighted by Crippen LogP contribution is 1.85. The Morgan fingerprint density at radius 2 is 2.47 bits per heavy atom. The summed E-state index contributed by atoms with van der Waals surface area (Å²) in [6.45, 7) is 2.44. The molecule has 0 aliphatic carbocycles. The third-order valence-electron chi connectivity index (χ3n) is 1.68. The third-order valence-corrected chi connectivity index (χ3v) is 1.68. The molecule has 2 N–H and O–H groups in total. The summed E-state index contributed by atoms with van der Waals surface area (Å²) in [5, 5.41) is 9.16. The Labute approximate surface area is 88.3 Å². The second-order valence-electron chi connectivity index (χ2n) is 2.86. The number of amides is 1. The van der Waals surface area contributed by atoms with Crippen LogP contribution in [-0.2, 0) is 11.2 Å². The number of carbonyl (C=O) groups is 1. The minimum absolute atomic E-state index is 0.104. The maximum atomic E-state index is 11.2. The van der Waals surface area contributed by atoms with Crippen LogP contribution in [0.4, 0.5) is 0 Å². The molecular formula is C10H14N4O. The zero-order valence-corrected chi connectivity index (χ0v) is 8.60. The first-order valence-corrected chi connectivity index (χ1v) is 4.74.